The average molecular weight is 403 g/mol. The van der Waals surface area contributed by atoms with E-state index >= 15 is 0 Å². The summed E-state index contributed by atoms with van der Waals surface area (Å²) in [6.07, 6.45) is 0. The predicted octanol–water partition coefficient (Wildman–Crippen LogP) is 5.25. The van der Waals surface area contributed by atoms with Gasteiger partial charge in [-0.25, -0.2) is 4.39 Å². The molecule has 0 fully saturated rings. The minimum Gasteiger partial charge on any atom is -0.493 e. The minimum atomic E-state index is -0.496. The van der Waals surface area contributed by atoms with Gasteiger partial charge >= 0.3 is 0 Å². The number of fused-ring (bicyclic) bond motifs is 1. The molecule has 0 saturated heterocycles. The summed E-state index contributed by atoms with van der Waals surface area (Å²) in [7, 11) is 0. The third-order valence-electron chi connectivity index (χ3n) is 4.53. The summed E-state index contributed by atoms with van der Waals surface area (Å²) < 4.78 is 25.0. The molecular weight excluding hydrogens is 385 g/mol. The molecule has 30 heavy (non-hydrogen) atoms. The molecule has 1 amide bonds. The van der Waals surface area contributed by atoms with Gasteiger partial charge in [0.1, 0.15) is 22.9 Å². The largest absolute Gasteiger partial charge is 0.493 e. The van der Waals surface area contributed by atoms with Crippen molar-refractivity contribution in [1.82, 2.24) is 0 Å². The number of hydrogen-bond acceptors (Lipinski definition) is 4. The number of nitrogens with one attached hydrogen (secondary N) is 1. The molecule has 4 aromatic rings. The van der Waals surface area contributed by atoms with Crippen LogP contribution in [0.1, 0.15) is 17.3 Å². The molecule has 5 nitrogen and oxygen atoms in total. The summed E-state index contributed by atoms with van der Waals surface area (Å²) in [4.78, 5) is 25.0. The smallest absolute Gasteiger partial charge is 0.255 e. The van der Waals surface area contributed by atoms with Gasteiger partial charge in [0.25, 0.3) is 5.91 Å². The van der Waals surface area contributed by atoms with Gasteiger partial charge in [0.15, 0.2) is 5.43 Å². The second kappa shape index (κ2) is 8.21. The normalized spacial score (nSPS) is 10.7. The maximum atomic E-state index is 13.4. The van der Waals surface area contributed by atoms with Crippen molar-refractivity contribution in [1.29, 1.82) is 0 Å². The van der Waals surface area contributed by atoms with E-state index in [9.17, 15) is 14.0 Å². The first kappa shape index (κ1) is 19.4. The zero-order valence-electron chi connectivity index (χ0n) is 16.1. The van der Waals surface area contributed by atoms with Crippen LogP contribution in [0.4, 0.5) is 10.1 Å². The first-order valence-electron chi connectivity index (χ1n) is 9.42. The van der Waals surface area contributed by atoms with E-state index in [0.717, 1.165) is 6.07 Å². The van der Waals surface area contributed by atoms with Gasteiger partial charge in [0.2, 0.25) is 0 Å². The number of anilines is 1. The number of para-hydroxylation sites is 1. The lowest BCUT2D eigenvalue weighted by molar-refractivity contribution is 0.102. The number of carbonyl (C=O) groups excluding carboxylic acids is 1. The van der Waals surface area contributed by atoms with Gasteiger partial charge in [-0.05, 0) is 49.4 Å². The highest BCUT2D eigenvalue weighted by Gasteiger charge is 2.13. The SMILES string of the molecule is CCOc1ccccc1-c1cc(=O)c2ccc(NC(=O)c3cccc(F)c3)cc2o1. The predicted molar refractivity (Wildman–Crippen MR) is 113 cm³/mol. The number of ether oxygens (including phenoxy) is 1. The van der Waals surface area contributed by atoms with Crippen molar-refractivity contribution < 1.29 is 18.3 Å². The van der Waals surface area contributed by atoms with Gasteiger partial charge < -0.3 is 14.5 Å². The molecule has 0 radical (unpaired) electrons. The van der Waals surface area contributed by atoms with Gasteiger partial charge in [-0.1, -0.05) is 18.2 Å². The Labute approximate surface area is 171 Å². The van der Waals surface area contributed by atoms with Crippen molar-refractivity contribution in [3.05, 3.63) is 94.4 Å². The van der Waals surface area contributed by atoms with Crippen LogP contribution in [0.3, 0.4) is 0 Å². The molecule has 0 unspecified atom stereocenters. The van der Waals surface area contributed by atoms with Crippen molar-refractivity contribution >= 4 is 22.6 Å². The second-order valence-corrected chi connectivity index (χ2v) is 6.58. The summed E-state index contributed by atoms with van der Waals surface area (Å²) >= 11 is 0. The third-order valence-corrected chi connectivity index (χ3v) is 4.53. The highest BCUT2D eigenvalue weighted by Crippen LogP contribution is 2.31. The number of amides is 1. The van der Waals surface area contributed by atoms with Crippen molar-refractivity contribution in [3.8, 4) is 17.1 Å². The lowest BCUT2D eigenvalue weighted by Gasteiger charge is -2.10. The quantitative estimate of drug-likeness (QED) is 0.494. The molecular formula is C24H18FNO4. The fourth-order valence-corrected chi connectivity index (χ4v) is 3.15. The van der Waals surface area contributed by atoms with Gasteiger partial charge in [-0.2, -0.15) is 0 Å². The maximum absolute atomic E-state index is 13.4. The zero-order chi connectivity index (χ0) is 21.1. The van der Waals surface area contributed by atoms with E-state index in [1.165, 1.54) is 24.3 Å². The van der Waals surface area contributed by atoms with Crippen LogP contribution in [0.5, 0.6) is 5.75 Å². The van der Waals surface area contributed by atoms with Crippen LogP contribution in [0.25, 0.3) is 22.3 Å². The Hall–Kier alpha value is -3.93. The fourth-order valence-electron chi connectivity index (χ4n) is 3.15. The fraction of sp³-hybridized carbons (Fsp3) is 0.0833. The van der Waals surface area contributed by atoms with E-state index < -0.39 is 11.7 Å². The Bertz CT molecular complexity index is 1300. The number of carbonyl (C=O) groups is 1. The van der Waals surface area contributed by atoms with E-state index in [4.69, 9.17) is 9.15 Å². The van der Waals surface area contributed by atoms with Gasteiger partial charge in [0, 0.05) is 23.4 Å². The molecule has 6 heteroatoms. The molecule has 0 spiro atoms. The van der Waals surface area contributed by atoms with Crippen LogP contribution in [-0.4, -0.2) is 12.5 Å². The molecule has 0 aliphatic heterocycles. The van der Waals surface area contributed by atoms with E-state index in [0.29, 0.717) is 40.3 Å². The lowest BCUT2D eigenvalue weighted by Crippen LogP contribution is -2.12. The van der Waals surface area contributed by atoms with E-state index in [-0.39, 0.29) is 11.0 Å². The van der Waals surface area contributed by atoms with Crippen molar-refractivity contribution in [2.45, 2.75) is 6.92 Å². The number of rotatable bonds is 5. The number of hydrogen-bond donors (Lipinski definition) is 1. The summed E-state index contributed by atoms with van der Waals surface area (Å²) in [6, 6.07) is 18.9. The second-order valence-electron chi connectivity index (χ2n) is 6.58. The summed E-state index contributed by atoms with van der Waals surface area (Å²) in [6.45, 7) is 2.35. The topological polar surface area (TPSA) is 68.5 Å². The number of benzene rings is 3. The highest BCUT2D eigenvalue weighted by molar-refractivity contribution is 6.05. The Morgan fingerprint density at radius 2 is 1.87 bits per heavy atom. The molecule has 1 N–H and O–H groups in total. The number of halogens is 1. The van der Waals surface area contributed by atoms with Crippen LogP contribution in [0, 0.1) is 5.82 Å². The zero-order valence-corrected chi connectivity index (χ0v) is 16.1. The van der Waals surface area contributed by atoms with Gasteiger partial charge in [-0.3, -0.25) is 9.59 Å². The van der Waals surface area contributed by atoms with E-state index in [2.05, 4.69) is 5.32 Å². The van der Waals surface area contributed by atoms with Crippen LogP contribution < -0.4 is 15.5 Å². The first-order valence-corrected chi connectivity index (χ1v) is 9.42. The highest BCUT2D eigenvalue weighted by atomic mass is 19.1. The first-order chi connectivity index (χ1) is 14.5. The van der Waals surface area contributed by atoms with Crippen molar-refractivity contribution in [2.75, 3.05) is 11.9 Å². The Kier molecular flexibility index (Phi) is 5.30. The molecule has 0 bridgehead atoms. The van der Waals surface area contributed by atoms with Crippen LogP contribution in [0.15, 0.2) is 82.0 Å². The average Bonchev–Trinajstić information content (AvgIpc) is 2.74. The molecule has 1 heterocycles. The van der Waals surface area contributed by atoms with E-state index in [1.54, 1.807) is 24.3 Å². The lowest BCUT2D eigenvalue weighted by atomic mass is 10.1. The van der Waals surface area contributed by atoms with E-state index in [1.807, 2.05) is 25.1 Å². The summed E-state index contributed by atoms with van der Waals surface area (Å²) in [5.41, 5.74) is 1.39. The maximum Gasteiger partial charge on any atom is 0.255 e. The molecule has 0 atom stereocenters. The molecule has 4 rings (SSSR count). The molecule has 150 valence electrons. The molecule has 3 aromatic carbocycles. The Balaban J connectivity index is 1.72. The summed E-state index contributed by atoms with van der Waals surface area (Å²) in [5.74, 6) is 0.0158. The monoisotopic (exact) mass is 403 g/mol. The molecule has 1 aromatic heterocycles. The van der Waals surface area contributed by atoms with Crippen LogP contribution >= 0.6 is 0 Å². The third kappa shape index (κ3) is 3.93. The molecule has 0 aliphatic carbocycles. The minimum absolute atomic E-state index is 0.191. The van der Waals surface area contributed by atoms with Crippen molar-refractivity contribution in [3.63, 3.8) is 0 Å². The van der Waals surface area contributed by atoms with Gasteiger partial charge in [-0.15, -0.1) is 0 Å². The standard InChI is InChI=1S/C24H18FNO4/c1-2-29-21-9-4-3-8-19(21)23-14-20(27)18-11-10-17(13-22(18)30-23)26-24(28)15-6-5-7-16(25)12-15/h3-14H,2H2,1H3,(H,26,28). The molecule has 0 saturated carbocycles. The summed E-state index contributed by atoms with van der Waals surface area (Å²) in [5, 5.41) is 3.08. The van der Waals surface area contributed by atoms with Gasteiger partial charge in [0.05, 0.1) is 17.6 Å². The Morgan fingerprint density at radius 3 is 2.67 bits per heavy atom. The molecule has 0 aliphatic rings. The van der Waals surface area contributed by atoms with Crippen molar-refractivity contribution in [2.24, 2.45) is 0 Å². The van der Waals surface area contributed by atoms with Crippen LogP contribution in [0.2, 0.25) is 0 Å². The van der Waals surface area contributed by atoms with Crippen LogP contribution in [-0.2, 0) is 0 Å². The Morgan fingerprint density at radius 1 is 1.03 bits per heavy atom.